The molecule has 4 saturated carbocycles. The van der Waals surface area contributed by atoms with Gasteiger partial charge in [-0.3, -0.25) is 4.90 Å². The fourth-order valence-electron chi connectivity index (χ4n) is 11.8. The van der Waals surface area contributed by atoms with Crippen LogP contribution in [0.15, 0.2) is 24.3 Å². The Labute approximate surface area is 283 Å². The Kier molecular flexibility index (Phi) is 8.47. The number of amides is 1. The monoisotopic (exact) mass is 648 g/mol. The highest BCUT2D eigenvalue weighted by molar-refractivity contribution is 5.69. The van der Waals surface area contributed by atoms with Gasteiger partial charge in [0.1, 0.15) is 11.7 Å². The molecule has 2 heterocycles. The highest BCUT2D eigenvalue weighted by Gasteiger charge is 2.63. The highest BCUT2D eigenvalue weighted by Crippen LogP contribution is 2.68. The molecule has 1 aromatic rings. The van der Waals surface area contributed by atoms with Gasteiger partial charge in [0.05, 0.1) is 18.6 Å². The summed E-state index contributed by atoms with van der Waals surface area (Å²) in [6.07, 6.45) is 18.4. The minimum Gasteiger partial charge on any atom is -0.493 e. The number of rotatable bonds is 10. The van der Waals surface area contributed by atoms with Crippen LogP contribution in [0.4, 0.5) is 4.79 Å². The van der Waals surface area contributed by atoms with Gasteiger partial charge >= 0.3 is 6.09 Å². The lowest BCUT2D eigenvalue weighted by atomic mass is 9.42. The molecule has 8 rings (SSSR count). The quantitative estimate of drug-likeness (QED) is 0.204. The Bertz CT molecular complexity index is 1370. The smallest absolute Gasteiger partial charge is 0.410 e. The average molecular weight is 649 g/mol. The Morgan fingerprint density at radius 3 is 2.47 bits per heavy atom. The lowest BCUT2D eigenvalue weighted by Crippen LogP contribution is -2.66. The van der Waals surface area contributed by atoms with Gasteiger partial charge in [0.2, 0.25) is 0 Å². The summed E-state index contributed by atoms with van der Waals surface area (Å²) in [4.78, 5) is 18.6. The van der Waals surface area contributed by atoms with Crippen molar-refractivity contribution < 1.29 is 24.1 Å². The van der Waals surface area contributed by atoms with Gasteiger partial charge in [-0.2, -0.15) is 0 Å². The minimum absolute atomic E-state index is 0.0339. The lowest BCUT2D eigenvalue weighted by Gasteiger charge is -2.67. The Balaban J connectivity index is 0.941. The maximum atomic E-state index is 13.8. The molecule has 4 bridgehead atoms. The first-order chi connectivity index (χ1) is 22.2. The number of benzene rings is 1. The van der Waals surface area contributed by atoms with Gasteiger partial charge in [0, 0.05) is 30.6 Å². The second-order valence-corrected chi connectivity index (χ2v) is 18.2. The number of aliphatic hydroxyl groups excluding tert-OH is 1. The third-order valence-corrected chi connectivity index (χ3v) is 12.7. The van der Waals surface area contributed by atoms with Gasteiger partial charge in [-0.1, -0.05) is 51.3 Å². The first kappa shape index (κ1) is 33.3. The van der Waals surface area contributed by atoms with Crippen molar-refractivity contribution in [3.8, 4) is 11.5 Å². The van der Waals surface area contributed by atoms with Gasteiger partial charge in [-0.25, -0.2) is 4.79 Å². The van der Waals surface area contributed by atoms with Crippen LogP contribution < -0.4 is 9.47 Å². The molecule has 5 atom stereocenters. The summed E-state index contributed by atoms with van der Waals surface area (Å²) in [6.45, 7) is 14.8. The van der Waals surface area contributed by atoms with E-state index in [1.165, 1.54) is 49.7 Å². The molecule has 7 aliphatic rings. The van der Waals surface area contributed by atoms with E-state index < -0.39 is 11.7 Å². The maximum Gasteiger partial charge on any atom is 0.410 e. The van der Waals surface area contributed by atoms with Crippen molar-refractivity contribution in [1.29, 1.82) is 0 Å². The molecule has 5 aliphatic carbocycles. The minimum atomic E-state index is -0.479. The summed E-state index contributed by atoms with van der Waals surface area (Å²) < 4.78 is 18.3. The van der Waals surface area contributed by atoms with Crippen LogP contribution in [0.5, 0.6) is 11.5 Å². The molecule has 1 N–H and O–H groups in total. The molecule has 1 amide bonds. The van der Waals surface area contributed by atoms with E-state index in [2.05, 4.69) is 35.8 Å². The number of hydrogen-bond donors (Lipinski definition) is 1. The summed E-state index contributed by atoms with van der Waals surface area (Å²) in [5, 5.41) is 10.4. The molecule has 47 heavy (non-hydrogen) atoms. The SMILES string of the molecule is COc1ccc2c3c1O[C@H]1C[C@@H](O)C=C[C@@]31CCN(CCCCCCCN(C(=O)OC(C)(C)C)C13CC4CC(C)(CC(C)(C4)C1)C3)C2. The number of hydrogen-bond acceptors (Lipinski definition) is 6. The lowest BCUT2D eigenvalue weighted by molar-refractivity contribution is -0.157. The zero-order valence-corrected chi connectivity index (χ0v) is 30.0. The van der Waals surface area contributed by atoms with Crippen molar-refractivity contribution in [2.75, 3.05) is 26.7 Å². The van der Waals surface area contributed by atoms with Gasteiger partial charge in [0.25, 0.3) is 0 Å². The first-order valence-electron chi connectivity index (χ1n) is 18.7. The summed E-state index contributed by atoms with van der Waals surface area (Å²) in [5.74, 6) is 2.42. The summed E-state index contributed by atoms with van der Waals surface area (Å²) in [6, 6.07) is 4.27. The molecular formula is C40H60N2O5. The Hall–Kier alpha value is -2.25. The van der Waals surface area contributed by atoms with Gasteiger partial charge in [0.15, 0.2) is 11.5 Å². The standard InChI is InChI=1S/C40H60N2O5/c1-36(2,3)47-35(44)42(39-23-28-21-37(4,26-39)25-38(5,22-28)27-39)18-11-9-7-8-10-17-41-19-16-40-15-14-30(43)20-32(40)46-34-31(45-6)13-12-29(24-41)33(34)40/h12-15,28,30,32,43H,7-11,16-27H2,1-6H3/t28?,30-,32-,37?,38?,39?,40-/m0/s1. The summed E-state index contributed by atoms with van der Waals surface area (Å²) >= 11 is 0. The van der Waals surface area contributed by atoms with E-state index in [0.29, 0.717) is 17.3 Å². The van der Waals surface area contributed by atoms with Gasteiger partial charge < -0.3 is 24.2 Å². The first-order valence-corrected chi connectivity index (χ1v) is 18.7. The third kappa shape index (κ3) is 6.22. The zero-order chi connectivity index (χ0) is 33.2. The molecule has 7 heteroatoms. The molecule has 1 aromatic carbocycles. The molecule has 260 valence electrons. The van der Waals surface area contributed by atoms with Crippen molar-refractivity contribution in [1.82, 2.24) is 9.80 Å². The molecule has 7 nitrogen and oxygen atoms in total. The molecule has 1 spiro atoms. The van der Waals surface area contributed by atoms with E-state index in [1.54, 1.807) is 7.11 Å². The average Bonchev–Trinajstić information content (AvgIpc) is 3.19. The fraction of sp³-hybridized carbons (Fsp3) is 0.775. The normalized spacial score (nSPS) is 36.8. The van der Waals surface area contributed by atoms with E-state index >= 15 is 0 Å². The number of ether oxygens (including phenoxy) is 3. The number of carbonyl (C=O) groups excluding carboxylic acids is 1. The van der Waals surface area contributed by atoms with E-state index in [4.69, 9.17) is 14.2 Å². The van der Waals surface area contributed by atoms with Crippen LogP contribution in [0.25, 0.3) is 0 Å². The highest BCUT2D eigenvalue weighted by atomic mass is 16.6. The van der Waals surface area contributed by atoms with Crippen LogP contribution >= 0.6 is 0 Å². The van der Waals surface area contributed by atoms with E-state index in [9.17, 15) is 9.90 Å². The van der Waals surface area contributed by atoms with Crippen LogP contribution in [0.3, 0.4) is 0 Å². The number of aliphatic hydroxyl groups is 1. The van der Waals surface area contributed by atoms with Crippen molar-refractivity contribution >= 4 is 6.09 Å². The number of methoxy groups -OCH3 is 1. The number of unbranched alkanes of at least 4 members (excludes halogenated alkanes) is 4. The number of nitrogens with zero attached hydrogens (tertiary/aromatic N) is 2. The van der Waals surface area contributed by atoms with Crippen LogP contribution in [0.2, 0.25) is 0 Å². The van der Waals surface area contributed by atoms with Crippen LogP contribution in [-0.4, -0.2) is 71.1 Å². The van der Waals surface area contributed by atoms with Crippen molar-refractivity contribution in [2.24, 2.45) is 16.7 Å². The van der Waals surface area contributed by atoms with Crippen LogP contribution in [0, 0.1) is 16.7 Å². The second kappa shape index (κ2) is 12.0. The number of carbonyl (C=O) groups is 1. The van der Waals surface area contributed by atoms with E-state index in [-0.39, 0.29) is 23.2 Å². The predicted octanol–water partition coefficient (Wildman–Crippen LogP) is 8.16. The fourth-order valence-corrected chi connectivity index (χ4v) is 11.8. The second-order valence-electron chi connectivity index (χ2n) is 18.2. The molecule has 0 saturated heterocycles. The Morgan fingerprint density at radius 2 is 1.77 bits per heavy atom. The third-order valence-electron chi connectivity index (χ3n) is 12.7. The summed E-state index contributed by atoms with van der Waals surface area (Å²) in [5.41, 5.74) is 2.63. The van der Waals surface area contributed by atoms with Crippen LogP contribution in [0.1, 0.15) is 129 Å². The Morgan fingerprint density at radius 1 is 1.04 bits per heavy atom. The van der Waals surface area contributed by atoms with E-state index in [0.717, 1.165) is 82.1 Å². The summed E-state index contributed by atoms with van der Waals surface area (Å²) in [7, 11) is 1.71. The van der Waals surface area contributed by atoms with Crippen molar-refractivity contribution in [3.05, 3.63) is 35.4 Å². The zero-order valence-electron chi connectivity index (χ0n) is 30.0. The molecular weight excluding hydrogens is 588 g/mol. The molecule has 2 aliphatic heterocycles. The molecule has 0 radical (unpaired) electrons. The maximum absolute atomic E-state index is 13.8. The van der Waals surface area contributed by atoms with Crippen LogP contribution in [-0.2, 0) is 16.7 Å². The topological polar surface area (TPSA) is 71.5 Å². The largest absolute Gasteiger partial charge is 0.493 e. The van der Waals surface area contributed by atoms with Gasteiger partial charge in [-0.05, 0) is 120 Å². The molecule has 0 aromatic heterocycles. The molecule has 4 fully saturated rings. The van der Waals surface area contributed by atoms with Gasteiger partial charge in [-0.15, -0.1) is 0 Å². The predicted molar refractivity (Wildman–Crippen MR) is 185 cm³/mol. The van der Waals surface area contributed by atoms with Crippen molar-refractivity contribution in [3.63, 3.8) is 0 Å². The van der Waals surface area contributed by atoms with Crippen molar-refractivity contribution in [2.45, 2.75) is 153 Å². The van der Waals surface area contributed by atoms with E-state index in [1.807, 2.05) is 32.9 Å². The molecule has 2 unspecified atom stereocenters.